The first-order valence-corrected chi connectivity index (χ1v) is 18.0. The van der Waals surface area contributed by atoms with E-state index in [0.717, 1.165) is 32.1 Å². The minimum atomic E-state index is -0.292. The molecule has 0 atom stereocenters. The monoisotopic (exact) mass is 634 g/mol. The molecule has 0 spiro atoms. The molecule has 3 heterocycles. The van der Waals surface area contributed by atoms with Gasteiger partial charge in [0.25, 0.3) is 0 Å². The molecule has 2 saturated heterocycles. The Morgan fingerprint density at radius 2 is 0.667 bits per heavy atom. The molecule has 45 heavy (non-hydrogen) atoms. The van der Waals surface area contributed by atoms with Gasteiger partial charge in [0, 0.05) is 19.3 Å². The van der Waals surface area contributed by atoms with Crippen LogP contribution in [0.5, 0.6) is 0 Å². The van der Waals surface area contributed by atoms with Gasteiger partial charge in [-0.25, -0.2) is 0 Å². The molecule has 0 unspecified atom stereocenters. The number of hydrogen-bond donors (Lipinski definition) is 0. The lowest BCUT2D eigenvalue weighted by atomic mass is 10.0. The first kappa shape index (κ1) is 40.4. The van der Waals surface area contributed by atoms with Gasteiger partial charge in [-0.15, -0.1) is 0 Å². The summed E-state index contributed by atoms with van der Waals surface area (Å²) in [5.74, 6) is -0.568. The Morgan fingerprint density at radius 1 is 0.311 bits per heavy atom. The summed E-state index contributed by atoms with van der Waals surface area (Å²) in [5.41, 5.74) is 0. The normalized spacial score (nSPS) is 23.1. The molecule has 0 amide bonds. The van der Waals surface area contributed by atoms with E-state index in [9.17, 15) is 19.2 Å². The lowest BCUT2D eigenvalue weighted by molar-refractivity contribution is -0.147. The van der Waals surface area contributed by atoms with Crippen LogP contribution < -0.4 is 0 Å². The molecule has 3 aliphatic heterocycles. The lowest BCUT2D eigenvalue weighted by Crippen LogP contribution is -2.07. The molecule has 0 saturated carbocycles. The number of hydrogen-bond acceptors (Lipinski definition) is 8. The zero-order valence-electron chi connectivity index (χ0n) is 28.1. The highest BCUT2D eigenvalue weighted by Gasteiger charge is 2.10. The largest absolute Gasteiger partial charge is 0.466 e. The third-order valence-corrected chi connectivity index (χ3v) is 7.83. The molecule has 0 aliphatic carbocycles. The number of cyclic esters (lactones) is 4. The molecule has 8 nitrogen and oxygen atoms in total. The van der Waals surface area contributed by atoms with Crippen LogP contribution in [0.2, 0.25) is 0 Å². The summed E-state index contributed by atoms with van der Waals surface area (Å²) < 4.78 is 19.8. The third-order valence-electron chi connectivity index (χ3n) is 7.83. The van der Waals surface area contributed by atoms with E-state index in [1.54, 1.807) is 0 Å². The number of allylic oxidation sites excluding steroid dienone is 3. The Hall–Kier alpha value is -2.64. The summed E-state index contributed by atoms with van der Waals surface area (Å²) in [7, 11) is 0. The predicted octanol–water partition coefficient (Wildman–Crippen LogP) is 9.04. The van der Waals surface area contributed by atoms with Gasteiger partial charge in [0.15, 0.2) is 0 Å². The van der Waals surface area contributed by atoms with Gasteiger partial charge in [0.05, 0.1) is 26.2 Å². The highest BCUT2D eigenvalue weighted by atomic mass is 16.6. The summed E-state index contributed by atoms with van der Waals surface area (Å²) in [4.78, 5) is 44.1. The quantitative estimate of drug-likeness (QED) is 0.192. The molecule has 2 fully saturated rings. The first-order valence-electron chi connectivity index (χ1n) is 18.0. The van der Waals surface area contributed by atoms with Crippen LogP contribution >= 0.6 is 0 Å². The maximum atomic E-state index is 11.4. The SMILES string of the molecule is O=C1CCCCCCCC/C=C/C=C/CCO1.O=C1CCCCCCCCCCCCCCO1.O=C1CCCOC(=O)CCO1. The van der Waals surface area contributed by atoms with Gasteiger partial charge in [-0.3, -0.25) is 19.2 Å². The number of esters is 4. The standard InChI is InChI=1S/C15H28O2.C15H24O2.C7H10O4/c2*16-15-13-11-9-7-5-3-1-2-4-6-8-10-12-14-17-15;8-6-2-1-4-10-7(9)3-5-11-6/h1-14H2;4,6,8,10H,1-3,5,7,9,11-14H2;1-5H2/b;6-4+,10-8+;. The molecule has 0 aromatic heterocycles. The van der Waals surface area contributed by atoms with E-state index in [-0.39, 0.29) is 36.9 Å². The second-order valence-electron chi connectivity index (χ2n) is 12.0. The summed E-state index contributed by atoms with van der Waals surface area (Å²) in [6, 6.07) is 0. The number of carbonyl (C=O) groups excluding carboxylic acids is 4. The fraction of sp³-hybridized carbons (Fsp3) is 0.784. The minimum Gasteiger partial charge on any atom is -0.466 e. The van der Waals surface area contributed by atoms with Crippen molar-refractivity contribution in [2.75, 3.05) is 26.4 Å². The fourth-order valence-corrected chi connectivity index (χ4v) is 5.09. The van der Waals surface area contributed by atoms with Crippen LogP contribution in [0.1, 0.15) is 161 Å². The Balaban J connectivity index is 0.000000346. The van der Waals surface area contributed by atoms with E-state index in [4.69, 9.17) is 18.9 Å². The van der Waals surface area contributed by atoms with Crippen molar-refractivity contribution in [1.82, 2.24) is 0 Å². The van der Waals surface area contributed by atoms with E-state index >= 15 is 0 Å². The maximum Gasteiger partial charge on any atom is 0.309 e. The van der Waals surface area contributed by atoms with E-state index in [1.165, 1.54) is 96.3 Å². The smallest absolute Gasteiger partial charge is 0.309 e. The molecule has 8 heteroatoms. The number of rotatable bonds is 0. The van der Waals surface area contributed by atoms with Crippen molar-refractivity contribution < 1.29 is 38.1 Å². The Kier molecular flexibility index (Phi) is 28.1. The van der Waals surface area contributed by atoms with Gasteiger partial charge >= 0.3 is 23.9 Å². The molecular formula is C37H62O8. The maximum absolute atomic E-state index is 11.4. The third kappa shape index (κ3) is 29.8. The van der Waals surface area contributed by atoms with Crippen LogP contribution in [0, 0.1) is 0 Å². The van der Waals surface area contributed by atoms with Crippen molar-refractivity contribution in [2.24, 2.45) is 0 Å². The van der Waals surface area contributed by atoms with Crippen molar-refractivity contribution in [1.29, 1.82) is 0 Å². The van der Waals surface area contributed by atoms with E-state index in [0.29, 0.717) is 45.5 Å². The molecule has 0 aromatic rings. The number of carbonyl (C=O) groups is 4. The average Bonchev–Trinajstić information content (AvgIpc) is 3.11. The van der Waals surface area contributed by atoms with Crippen LogP contribution in [0.4, 0.5) is 0 Å². The highest BCUT2D eigenvalue weighted by Crippen LogP contribution is 2.14. The van der Waals surface area contributed by atoms with Gasteiger partial charge < -0.3 is 18.9 Å². The second-order valence-corrected chi connectivity index (χ2v) is 12.0. The summed E-state index contributed by atoms with van der Waals surface area (Å²) >= 11 is 0. The van der Waals surface area contributed by atoms with Crippen molar-refractivity contribution in [3.8, 4) is 0 Å². The Labute approximate surface area is 273 Å². The fourth-order valence-electron chi connectivity index (χ4n) is 5.09. The summed E-state index contributed by atoms with van der Waals surface area (Å²) in [5, 5.41) is 0. The van der Waals surface area contributed by atoms with E-state index in [1.807, 2.05) is 6.08 Å². The van der Waals surface area contributed by atoms with Gasteiger partial charge in [0.1, 0.15) is 6.61 Å². The molecule has 0 N–H and O–H groups in total. The molecule has 0 aromatic carbocycles. The van der Waals surface area contributed by atoms with Crippen LogP contribution in [0.25, 0.3) is 0 Å². The minimum absolute atomic E-state index is 0.0112. The first-order chi connectivity index (χ1) is 22.1. The van der Waals surface area contributed by atoms with Gasteiger partial charge in [-0.1, -0.05) is 114 Å². The zero-order valence-corrected chi connectivity index (χ0v) is 28.1. The van der Waals surface area contributed by atoms with E-state index < -0.39 is 0 Å². The summed E-state index contributed by atoms with van der Waals surface area (Å²) in [6.07, 6.45) is 35.3. The van der Waals surface area contributed by atoms with Gasteiger partial charge in [-0.05, 0) is 44.9 Å². The van der Waals surface area contributed by atoms with Crippen LogP contribution in [-0.4, -0.2) is 50.3 Å². The van der Waals surface area contributed by atoms with Crippen molar-refractivity contribution in [3.05, 3.63) is 24.3 Å². The topological polar surface area (TPSA) is 105 Å². The lowest BCUT2D eigenvalue weighted by Gasteiger charge is -2.06. The van der Waals surface area contributed by atoms with Crippen molar-refractivity contribution in [2.45, 2.75) is 161 Å². The van der Waals surface area contributed by atoms with Crippen LogP contribution in [0.3, 0.4) is 0 Å². The molecule has 258 valence electrons. The Bertz CT molecular complexity index is 783. The van der Waals surface area contributed by atoms with Gasteiger partial charge in [0.2, 0.25) is 0 Å². The zero-order chi connectivity index (χ0) is 32.5. The van der Waals surface area contributed by atoms with Gasteiger partial charge in [-0.2, -0.15) is 0 Å². The predicted molar refractivity (Wildman–Crippen MR) is 178 cm³/mol. The summed E-state index contributed by atoms with van der Waals surface area (Å²) in [6.45, 7) is 1.63. The molecule has 0 radical (unpaired) electrons. The number of ether oxygens (including phenoxy) is 4. The average molecular weight is 635 g/mol. The molecule has 3 aliphatic rings. The molecule has 3 rings (SSSR count). The molecule has 0 bridgehead atoms. The molecular weight excluding hydrogens is 572 g/mol. The van der Waals surface area contributed by atoms with Crippen molar-refractivity contribution in [3.63, 3.8) is 0 Å². The van der Waals surface area contributed by atoms with Crippen LogP contribution in [-0.2, 0) is 38.1 Å². The van der Waals surface area contributed by atoms with Crippen molar-refractivity contribution >= 4 is 23.9 Å². The highest BCUT2D eigenvalue weighted by molar-refractivity contribution is 5.72. The van der Waals surface area contributed by atoms with E-state index in [2.05, 4.69) is 18.2 Å². The van der Waals surface area contributed by atoms with Crippen LogP contribution in [0.15, 0.2) is 24.3 Å². The Morgan fingerprint density at radius 3 is 1.22 bits per heavy atom. The second kappa shape index (κ2) is 31.3.